The standard InChI is InChI=1S/C62H121NO5/c1-3-5-7-9-11-13-15-17-19-21-23-24-26-27-29-31-34-38-42-46-50-54-60(65)59(58-64)63-61(66)55-51-47-43-39-35-33-37-41-45-49-53-57-68-62(67)56-52-48-44-40-36-32-30-28-25-22-20-18-16-14-12-10-8-6-4-2/h50,54,59-60,64-65H,3-49,51-53,55-58H2,1-2H3,(H,63,66)/b54-50+. The molecule has 0 heterocycles. The fraction of sp³-hybridized carbons (Fsp3) is 0.935. The molecule has 3 N–H and O–H groups in total. The molecular weight excluding hydrogens is 839 g/mol. The van der Waals surface area contributed by atoms with Gasteiger partial charge in [-0.2, -0.15) is 0 Å². The van der Waals surface area contributed by atoms with Gasteiger partial charge in [-0.3, -0.25) is 9.59 Å². The largest absolute Gasteiger partial charge is 0.466 e. The first-order chi connectivity index (χ1) is 33.5. The minimum Gasteiger partial charge on any atom is -0.466 e. The molecule has 68 heavy (non-hydrogen) atoms. The summed E-state index contributed by atoms with van der Waals surface area (Å²) in [5, 5.41) is 23.2. The molecule has 0 aromatic heterocycles. The molecule has 0 saturated heterocycles. The lowest BCUT2D eigenvalue weighted by Crippen LogP contribution is -2.45. The number of aliphatic hydroxyl groups is 2. The van der Waals surface area contributed by atoms with Gasteiger partial charge in [0.25, 0.3) is 0 Å². The van der Waals surface area contributed by atoms with Crippen LogP contribution in [0.2, 0.25) is 0 Å². The van der Waals surface area contributed by atoms with Crippen molar-refractivity contribution < 1.29 is 24.5 Å². The number of hydrogen-bond donors (Lipinski definition) is 3. The first kappa shape index (κ1) is 66.6. The number of allylic oxidation sites excluding steroid dienone is 1. The predicted octanol–water partition coefficient (Wildman–Crippen LogP) is 19.2. The summed E-state index contributed by atoms with van der Waals surface area (Å²) in [6.45, 7) is 4.90. The first-order valence-corrected chi connectivity index (χ1v) is 31.0. The van der Waals surface area contributed by atoms with Crippen molar-refractivity contribution in [1.29, 1.82) is 0 Å². The Morgan fingerprint density at radius 3 is 1.00 bits per heavy atom. The molecule has 0 fully saturated rings. The van der Waals surface area contributed by atoms with Gasteiger partial charge in [-0.15, -0.1) is 0 Å². The lowest BCUT2D eigenvalue weighted by molar-refractivity contribution is -0.143. The lowest BCUT2D eigenvalue weighted by atomic mass is 10.0. The van der Waals surface area contributed by atoms with E-state index in [0.29, 0.717) is 19.4 Å². The fourth-order valence-electron chi connectivity index (χ4n) is 9.81. The van der Waals surface area contributed by atoms with Crippen LogP contribution >= 0.6 is 0 Å². The van der Waals surface area contributed by atoms with Crippen molar-refractivity contribution in [2.45, 2.75) is 360 Å². The van der Waals surface area contributed by atoms with Crippen molar-refractivity contribution in [3.8, 4) is 0 Å². The van der Waals surface area contributed by atoms with Gasteiger partial charge in [-0.25, -0.2) is 0 Å². The Kier molecular flexibility index (Phi) is 57.0. The van der Waals surface area contributed by atoms with Gasteiger partial charge in [0.2, 0.25) is 5.91 Å². The molecule has 6 heteroatoms. The van der Waals surface area contributed by atoms with E-state index in [9.17, 15) is 19.8 Å². The molecular formula is C62H121NO5. The Bertz CT molecular complexity index is 1020. The topological polar surface area (TPSA) is 95.9 Å². The molecule has 0 aliphatic carbocycles. The summed E-state index contributed by atoms with van der Waals surface area (Å²) in [5.41, 5.74) is 0. The molecule has 0 radical (unpaired) electrons. The minimum absolute atomic E-state index is 0.00951. The molecule has 0 spiro atoms. The molecule has 0 aromatic rings. The Morgan fingerprint density at radius 1 is 0.397 bits per heavy atom. The van der Waals surface area contributed by atoms with Crippen molar-refractivity contribution in [2.24, 2.45) is 0 Å². The van der Waals surface area contributed by atoms with Crippen molar-refractivity contribution in [2.75, 3.05) is 13.2 Å². The molecule has 0 aliphatic heterocycles. The molecule has 0 aromatic carbocycles. The van der Waals surface area contributed by atoms with Gasteiger partial charge in [-0.1, -0.05) is 315 Å². The van der Waals surface area contributed by atoms with Gasteiger partial charge in [0.1, 0.15) is 0 Å². The number of nitrogens with one attached hydrogen (secondary N) is 1. The first-order valence-electron chi connectivity index (χ1n) is 31.0. The fourth-order valence-corrected chi connectivity index (χ4v) is 9.81. The van der Waals surface area contributed by atoms with E-state index in [2.05, 4.69) is 19.2 Å². The summed E-state index contributed by atoms with van der Waals surface area (Å²) in [6.07, 6.45) is 69.6. The monoisotopic (exact) mass is 960 g/mol. The highest BCUT2D eigenvalue weighted by molar-refractivity contribution is 5.76. The zero-order valence-electron chi connectivity index (χ0n) is 46.1. The molecule has 0 bridgehead atoms. The van der Waals surface area contributed by atoms with E-state index in [4.69, 9.17) is 4.74 Å². The number of esters is 1. The van der Waals surface area contributed by atoms with Crippen LogP contribution in [-0.2, 0) is 14.3 Å². The average Bonchev–Trinajstić information content (AvgIpc) is 3.34. The molecule has 0 aliphatic rings. The predicted molar refractivity (Wildman–Crippen MR) is 297 cm³/mol. The number of amides is 1. The van der Waals surface area contributed by atoms with Gasteiger partial charge in [0.05, 0.1) is 25.4 Å². The number of carbonyl (C=O) groups excluding carboxylic acids is 2. The summed E-state index contributed by atoms with van der Waals surface area (Å²) in [5.74, 6) is -0.0920. The van der Waals surface area contributed by atoms with Gasteiger partial charge in [0.15, 0.2) is 0 Å². The maximum Gasteiger partial charge on any atom is 0.305 e. The van der Waals surface area contributed by atoms with Crippen molar-refractivity contribution in [3.05, 3.63) is 12.2 Å². The maximum absolute atomic E-state index is 12.5. The van der Waals surface area contributed by atoms with E-state index >= 15 is 0 Å². The van der Waals surface area contributed by atoms with Crippen LogP contribution in [0.3, 0.4) is 0 Å². The van der Waals surface area contributed by atoms with E-state index in [1.807, 2.05) is 6.08 Å². The number of rotatable bonds is 58. The third-order valence-corrected chi connectivity index (χ3v) is 14.6. The average molecular weight is 961 g/mol. The number of aliphatic hydroxyl groups excluding tert-OH is 2. The third kappa shape index (κ3) is 53.9. The molecule has 2 unspecified atom stereocenters. The molecule has 0 rings (SSSR count). The van der Waals surface area contributed by atoms with Gasteiger partial charge < -0.3 is 20.3 Å². The highest BCUT2D eigenvalue weighted by atomic mass is 16.5. The molecule has 1 amide bonds. The highest BCUT2D eigenvalue weighted by Gasteiger charge is 2.18. The molecule has 2 atom stereocenters. The zero-order chi connectivity index (χ0) is 49.3. The maximum atomic E-state index is 12.5. The van der Waals surface area contributed by atoms with Crippen LogP contribution in [0.25, 0.3) is 0 Å². The zero-order valence-corrected chi connectivity index (χ0v) is 46.1. The molecule has 0 saturated carbocycles. The van der Waals surface area contributed by atoms with Crippen molar-refractivity contribution >= 4 is 11.9 Å². The summed E-state index contributed by atoms with van der Waals surface area (Å²) >= 11 is 0. The van der Waals surface area contributed by atoms with E-state index < -0.39 is 12.1 Å². The Hall–Kier alpha value is -1.40. The van der Waals surface area contributed by atoms with Crippen LogP contribution in [0.1, 0.15) is 348 Å². The highest BCUT2D eigenvalue weighted by Crippen LogP contribution is 2.18. The van der Waals surface area contributed by atoms with E-state index in [1.54, 1.807) is 6.08 Å². The molecule has 6 nitrogen and oxygen atoms in total. The van der Waals surface area contributed by atoms with Crippen LogP contribution in [0.5, 0.6) is 0 Å². The van der Waals surface area contributed by atoms with E-state index in [-0.39, 0.29) is 18.5 Å². The summed E-state index contributed by atoms with van der Waals surface area (Å²) in [6, 6.07) is -0.642. The van der Waals surface area contributed by atoms with Crippen LogP contribution < -0.4 is 5.32 Å². The second-order valence-electron chi connectivity index (χ2n) is 21.4. The number of ether oxygens (including phenoxy) is 1. The normalized spacial score (nSPS) is 12.6. The summed E-state index contributed by atoms with van der Waals surface area (Å²) in [4.78, 5) is 24.6. The van der Waals surface area contributed by atoms with Crippen LogP contribution in [-0.4, -0.2) is 47.4 Å². The van der Waals surface area contributed by atoms with Gasteiger partial charge in [-0.05, 0) is 32.1 Å². The summed E-state index contributed by atoms with van der Waals surface area (Å²) < 4.78 is 5.49. The van der Waals surface area contributed by atoms with Crippen LogP contribution in [0.15, 0.2) is 12.2 Å². The quantitative estimate of drug-likeness (QED) is 0.0321. The molecule has 404 valence electrons. The van der Waals surface area contributed by atoms with Crippen molar-refractivity contribution in [1.82, 2.24) is 5.32 Å². The number of carbonyl (C=O) groups is 2. The number of hydrogen-bond acceptors (Lipinski definition) is 5. The van der Waals surface area contributed by atoms with Crippen LogP contribution in [0, 0.1) is 0 Å². The number of unbranched alkanes of at least 4 members (excludes halogenated alkanes) is 47. The second-order valence-corrected chi connectivity index (χ2v) is 21.4. The van der Waals surface area contributed by atoms with E-state index in [0.717, 1.165) is 57.8 Å². The minimum atomic E-state index is -0.857. The van der Waals surface area contributed by atoms with Crippen LogP contribution in [0.4, 0.5) is 0 Å². The lowest BCUT2D eigenvalue weighted by Gasteiger charge is -2.20. The second kappa shape index (κ2) is 58.2. The van der Waals surface area contributed by atoms with E-state index in [1.165, 1.54) is 263 Å². The third-order valence-electron chi connectivity index (χ3n) is 14.6. The van der Waals surface area contributed by atoms with Gasteiger partial charge >= 0.3 is 5.97 Å². The Balaban J connectivity index is 3.46. The van der Waals surface area contributed by atoms with Gasteiger partial charge in [0, 0.05) is 12.8 Å². The summed E-state index contributed by atoms with van der Waals surface area (Å²) in [7, 11) is 0. The van der Waals surface area contributed by atoms with Crippen molar-refractivity contribution in [3.63, 3.8) is 0 Å². The smallest absolute Gasteiger partial charge is 0.305 e. The Labute approximate surface area is 425 Å². The Morgan fingerprint density at radius 2 is 0.676 bits per heavy atom. The SMILES string of the molecule is CCCCCCCCCCCCCCCCCCCCC/C=C/C(O)C(CO)NC(=O)CCCCCCCCCCCCCOC(=O)CCCCCCCCCCCCCCCCCCCCC.